The Hall–Kier alpha value is -2.31. The number of nitrogens with one attached hydrogen (secondary N) is 2. The van der Waals surface area contributed by atoms with Crippen molar-refractivity contribution in [1.82, 2.24) is 20.3 Å². The van der Waals surface area contributed by atoms with E-state index in [-0.39, 0.29) is 10.7 Å². The van der Waals surface area contributed by atoms with Gasteiger partial charge in [0.25, 0.3) is 0 Å². The molecule has 2 N–H and O–H groups in total. The highest BCUT2D eigenvalue weighted by molar-refractivity contribution is 6.31. The van der Waals surface area contributed by atoms with Gasteiger partial charge in [-0.05, 0) is 37.6 Å². The summed E-state index contributed by atoms with van der Waals surface area (Å²) >= 11 is 5.86. The highest BCUT2D eigenvalue weighted by atomic mass is 35.5. The second kappa shape index (κ2) is 6.90. The lowest BCUT2D eigenvalue weighted by Gasteiger charge is -2.22. The molecule has 4 rings (SSSR count). The maximum Gasteiger partial charge on any atom is 0.165 e. The average molecular weight is 358 g/mol. The lowest BCUT2D eigenvalue weighted by Crippen LogP contribution is -2.28. The van der Waals surface area contributed by atoms with Crippen molar-refractivity contribution in [3.05, 3.63) is 53.3 Å². The zero-order valence-corrected chi connectivity index (χ0v) is 14.2. The van der Waals surface area contributed by atoms with Crippen molar-refractivity contribution in [3.8, 4) is 0 Å². The number of aromatic nitrogens is 3. The molecule has 7 heteroatoms. The van der Waals surface area contributed by atoms with E-state index in [0.717, 1.165) is 37.0 Å². The van der Waals surface area contributed by atoms with E-state index in [1.54, 1.807) is 18.3 Å². The number of benzene rings is 1. The van der Waals surface area contributed by atoms with E-state index in [1.807, 2.05) is 6.07 Å². The van der Waals surface area contributed by atoms with Crippen LogP contribution in [-0.2, 0) is 0 Å². The molecule has 0 amide bonds. The lowest BCUT2D eigenvalue weighted by molar-refractivity contribution is 0.455. The van der Waals surface area contributed by atoms with Crippen LogP contribution < -0.4 is 10.6 Å². The molecule has 1 atom stereocenters. The molecular formula is C18H17ClFN5. The van der Waals surface area contributed by atoms with E-state index in [9.17, 15) is 4.39 Å². The fraction of sp³-hybridized carbons (Fsp3) is 0.278. The normalized spacial score (nSPS) is 17.6. The van der Waals surface area contributed by atoms with Crippen LogP contribution in [0.1, 0.15) is 24.5 Å². The van der Waals surface area contributed by atoms with Gasteiger partial charge in [-0.15, -0.1) is 0 Å². The van der Waals surface area contributed by atoms with Gasteiger partial charge in [-0.1, -0.05) is 17.7 Å². The van der Waals surface area contributed by atoms with Crippen LogP contribution in [-0.4, -0.2) is 28.0 Å². The first-order valence-electron chi connectivity index (χ1n) is 8.25. The van der Waals surface area contributed by atoms with Gasteiger partial charge in [0.05, 0.1) is 22.4 Å². The van der Waals surface area contributed by atoms with E-state index in [2.05, 4.69) is 25.6 Å². The van der Waals surface area contributed by atoms with Crippen molar-refractivity contribution >= 4 is 34.0 Å². The van der Waals surface area contributed by atoms with Gasteiger partial charge in [-0.2, -0.15) is 0 Å². The van der Waals surface area contributed by atoms with Gasteiger partial charge in [0.1, 0.15) is 12.1 Å². The molecule has 25 heavy (non-hydrogen) atoms. The minimum absolute atomic E-state index is 0.0685. The summed E-state index contributed by atoms with van der Waals surface area (Å²) in [4.78, 5) is 13.1. The highest BCUT2D eigenvalue weighted by Gasteiger charge is 2.18. The first kappa shape index (κ1) is 16.2. The molecule has 1 aliphatic heterocycles. The first-order valence-corrected chi connectivity index (χ1v) is 8.62. The molecule has 1 fully saturated rings. The topological polar surface area (TPSA) is 62.7 Å². The van der Waals surface area contributed by atoms with Crippen LogP contribution >= 0.6 is 11.6 Å². The summed E-state index contributed by atoms with van der Waals surface area (Å²) in [5, 5.41) is 7.32. The van der Waals surface area contributed by atoms with Crippen molar-refractivity contribution in [2.45, 2.75) is 18.8 Å². The third-order valence-corrected chi connectivity index (χ3v) is 4.75. The predicted molar refractivity (Wildman–Crippen MR) is 96.9 cm³/mol. The zero-order valence-electron chi connectivity index (χ0n) is 13.5. The molecule has 1 aromatic carbocycles. The number of hydrogen-bond acceptors (Lipinski definition) is 5. The van der Waals surface area contributed by atoms with Gasteiger partial charge < -0.3 is 10.6 Å². The number of hydrogen-bond donors (Lipinski definition) is 2. The number of anilines is 2. The summed E-state index contributed by atoms with van der Waals surface area (Å²) in [7, 11) is 0. The Morgan fingerprint density at radius 1 is 1.24 bits per heavy atom. The fourth-order valence-corrected chi connectivity index (χ4v) is 3.30. The van der Waals surface area contributed by atoms with E-state index in [0.29, 0.717) is 17.3 Å². The summed E-state index contributed by atoms with van der Waals surface area (Å²) in [5.41, 5.74) is 2.00. The molecule has 0 radical (unpaired) electrons. The van der Waals surface area contributed by atoms with Crippen molar-refractivity contribution in [2.24, 2.45) is 0 Å². The number of rotatable bonds is 3. The van der Waals surface area contributed by atoms with E-state index in [4.69, 9.17) is 11.6 Å². The van der Waals surface area contributed by atoms with Gasteiger partial charge in [-0.25, -0.2) is 14.4 Å². The minimum Gasteiger partial charge on any atom is -0.337 e. The number of piperidine rings is 1. The van der Waals surface area contributed by atoms with Crippen LogP contribution in [0.15, 0.2) is 36.8 Å². The summed E-state index contributed by atoms with van der Waals surface area (Å²) in [6.45, 7) is 1.96. The van der Waals surface area contributed by atoms with Gasteiger partial charge in [0.2, 0.25) is 0 Å². The summed E-state index contributed by atoms with van der Waals surface area (Å²) in [6, 6.07) is 6.83. The highest BCUT2D eigenvalue weighted by Crippen LogP contribution is 2.30. The van der Waals surface area contributed by atoms with Crippen LogP contribution in [0.5, 0.6) is 0 Å². The zero-order chi connectivity index (χ0) is 17.2. The summed E-state index contributed by atoms with van der Waals surface area (Å²) in [6.07, 6.45) is 5.43. The van der Waals surface area contributed by atoms with Crippen LogP contribution in [0.4, 0.5) is 15.9 Å². The van der Waals surface area contributed by atoms with Crippen molar-refractivity contribution in [1.29, 1.82) is 0 Å². The minimum atomic E-state index is -0.498. The SMILES string of the molecule is Fc1c(Cl)cccc1Nc1ncnc2cnc([C@@H]3CCCNC3)cc12. The molecule has 3 aromatic rings. The molecular weight excluding hydrogens is 341 g/mol. The number of halogens is 2. The largest absolute Gasteiger partial charge is 0.337 e. The molecule has 2 aromatic heterocycles. The Labute approximate surface area is 149 Å². The van der Waals surface area contributed by atoms with Gasteiger partial charge in [-0.3, -0.25) is 4.98 Å². The third kappa shape index (κ3) is 3.27. The molecule has 3 heterocycles. The van der Waals surface area contributed by atoms with E-state index in [1.165, 1.54) is 12.4 Å². The van der Waals surface area contributed by atoms with E-state index < -0.39 is 5.82 Å². The molecule has 0 unspecified atom stereocenters. The second-order valence-corrected chi connectivity index (χ2v) is 6.53. The molecule has 1 aliphatic rings. The molecule has 128 valence electrons. The monoisotopic (exact) mass is 357 g/mol. The van der Waals surface area contributed by atoms with Crippen LogP contribution in [0.2, 0.25) is 5.02 Å². The second-order valence-electron chi connectivity index (χ2n) is 6.12. The van der Waals surface area contributed by atoms with Crippen LogP contribution in [0.3, 0.4) is 0 Å². The summed E-state index contributed by atoms with van der Waals surface area (Å²) < 4.78 is 14.2. The first-order chi connectivity index (χ1) is 12.2. The smallest absolute Gasteiger partial charge is 0.165 e. The third-order valence-electron chi connectivity index (χ3n) is 4.46. The van der Waals surface area contributed by atoms with Crippen molar-refractivity contribution < 1.29 is 4.39 Å². The maximum absolute atomic E-state index is 14.2. The molecule has 0 aliphatic carbocycles. The number of pyridine rings is 1. The quantitative estimate of drug-likeness (QED) is 0.741. The predicted octanol–water partition coefficient (Wildman–Crippen LogP) is 4.03. The van der Waals surface area contributed by atoms with Gasteiger partial charge >= 0.3 is 0 Å². The lowest BCUT2D eigenvalue weighted by atomic mass is 9.95. The Balaban J connectivity index is 1.74. The Kier molecular flexibility index (Phi) is 4.46. The molecule has 5 nitrogen and oxygen atoms in total. The van der Waals surface area contributed by atoms with Crippen LogP contribution in [0.25, 0.3) is 10.9 Å². The van der Waals surface area contributed by atoms with Crippen molar-refractivity contribution in [3.63, 3.8) is 0 Å². The number of nitrogens with zero attached hydrogens (tertiary/aromatic N) is 3. The molecule has 0 spiro atoms. The molecule has 0 bridgehead atoms. The Morgan fingerprint density at radius 2 is 2.16 bits per heavy atom. The summed E-state index contributed by atoms with van der Waals surface area (Å²) in [5.74, 6) is 0.411. The van der Waals surface area contributed by atoms with Gasteiger partial charge in [0.15, 0.2) is 5.82 Å². The Morgan fingerprint density at radius 3 is 3.00 bits per heavy atom. The van der Waals surface area contributed by atoms with Gasteiger partial charge in [0, 0.05) is 23.5 Å². The molecule has 0 saturated carbocycles. The Bertz CT molecular complexity index is 911. The fourth-order valence-electron chi connectivity index (χ4n) is 3.13. The van der Waals surface area contributed by atoms with Crippen molar-refractivity contribution in [2.75, 3.05) is 18.4 Å². The average Bonchev–Trinajstić information content (AvgIpc) is 2.66. The van der Waals surface area contributed by atoms with Crippen LogP contribution in [0, 0.1) is 5.82 Å². The molecule has 1 saturated heterocycles. The maximum atomic E-state index is 14.2. The standard InChI is InChI=1S/C18H17ClFN5/c19-13-4-1-5-14(17(13)20)25-18-12-7-15(11-3-2-6-21-8-11)22-9-16(12)23-10-24-18/h1,4-5,7,9-11,21H,2-3,6,8H2,(H,23,24,25)/t11-/m1/s1. The van der Waals surface area contributed by atoms with E-state index >= 15 is 0 Å². The number of fused-ring (bicyclic) bond motifs is 1.